The lowest BCUT2D eigenvalue weighted by atomic mass is 9.78. The van der Waals surface area contributed by atoms with Crippen molar-refractivity contribution in [2.75, 3.05) is 27.3 Å². The number of alkyl halides is 4. The van der Waals surface area contributed by atoms with Crippen LogP contribution >= 0.6 is 0 Å². The molecule has 0 spiro atoms. The SMILES string of the molecule is COC(=O)N[C@H](C(=O)N1CCCC1c1ncc(-c2ccc(-c3ccc4c(c3)C(F)(F)C(F)(F)c3cc(-c5ccc(-c6cnc(C7CCCN7C(=O)[C@@H](NC(=O)OC)C(C)(C)C)[nH]6)cc5)ccc3-4)cc2)[nH]1)C(C)(C)C. The number of hydrogen-bond donors (Lipinski definition) is 4. The van der Waals surface area contributed by atoms with Crippen LogP contribution in [0.25, 0.3) is 55.9 Å². The second kappa shape index (κ2) is 19.4. The third kappa shape index (κ3) is 9.50. The first-order valence-electron chi connectivity index (χ1n) is 24.7. The molecule has 0 radical (unpaired) electrons. The van der Waals surface area contributed by atoms with E-state index in [-0.39, 0.29) is 35.0 Å². The van der Waals surface area contributed by atoms with Gasteiger partial charge in [-0.15, -0.1) is 0 Å². The number of likely N-dealkylation sites (tertiary alicyclic amines) is 2. The number of halogens is 4. The van der Waals surface area contributed by atoms with Crippen LogP contribution in [-0.2, 0) is 30.9 Å². The van der Waals surface area contributed by atoms with E-state index in [4.69, 9.17) is 9.47 Å². The minimum absolute atomic E-state index is 0.0174. The number of carbonyl (C=O) groups excluding carboxylic acids is 4. The average molecular weight is 1020 g/mol. The molecule has 4 aromatic carbocycles. The molecule has 2 fully saturated rings. The van der Waals surface area contributed by atoms with E-state index >= 15 is 17.6 Å². The maximum atomic E-state index is 16.3. The van der Waals surface area contributed by atoms with E-state index in [0.29, 0.717) is 71.2 Å². The molecular formula is C56H60F4N8O6. The van der Waals surface area contributed by atoms with Crippen LogP contribution in [0.15, 0.2) is 97.3 Å². The Morgan fingerprint density at radius 1 is 0.568 bits per heavy atom. The third-order valence-electron chi connectivity index (χ3n) is 14.5. The fourth-order valence-corrected chi connectivity index (χ4v) is 10.4. The number of ether oxygens (including phenoxy) is 2. The highest BCUT2D eigenvalue weighted by Crippen LogP contribution is 2.59. The van der Waals surface area contributed by atoms with Gasteiger partial charge in [0.05, 0.1) is 50.1 Å². The summed E-state index contributed by atoms with van der Waals surface area (Å²) in [4.78, 5) is 71.3. The number of methoxy groups -OCH3 is 2. The lowest BCUT2D eigenvalue weighted by Gasteiger charge is -2.35. The molecule has 4 amide bonds. The molecule has 2 unspecified atom stereocenters. The van der Waals surface area contributed by atoms with Crippen LogP contribution in [0.5, 0.6) is 0 Å². The van der Waals surface area contributed by atoms with Crippen LogP contribution in [0.4, 0.5) is 27.2 Å². The first-order chi connectivity index (χ1) is 35.0. The van der Waals surface area contributed by atoms with Crippen molar-refractivity contribution < 1.29 is 46.2 Å². The number of H-pyrrole nitrogens is 2. The Bertz CT molecular complexity index is 2900. The van der Waals surface area contributed by atoms with Gasteiger partial charge in [-0.25, -0.2) is 19.6 Å². The van der Waals surface area contributed by atoms with Gasteiger partial charge in [0.25, 0.3) is 0 Å². The van der Waals surface area contributed by atoms with Crippen molar-refractivity contribution >= 4 is 24.0 Å². The van der Waals surface area contributed by atoms with Crippen LogP contribution in [0.1, 0.15) is 102 Å². The van der Waals surface area contributed by atoms with Crippen molar-refractivity contribution in [1.29, 1.82) is 0 Å². The molecule has 2 aromatic heterocycles. The third-order valence-corrected chi connectivity index (χ3v) is 14.5. The molecule has 18 heteroatoms. The Morgan fingerprint density at radius 3 is 1.24 bits per heavy atom. The fourth-order valence-electron chi connectivity index (χ4n) is 10.4. The van der Waals surface area contributed by atoms with Crippen molar-refractivity contribution in [1.82, 2.24) is 40.4 Å². The van der Waals surface area contributed by atoms with Gasteiger partial charge in [0, 0.05) is 24.2 Å². The maximum Gasteiger partial charge on any atom is 0.407 e. The number of carbonyl (C=O) groups is 4. The van der Waals surface area contributed by atoms with Gasteiger partial charge in [0.15, 0.2) is 0 Å². The molecule has 4 heterocycles. The summed E-state index contributed by atoms with van der Waals surface area (Å²) in [5.41, 5.74) is 1.85. The predicted molar refractivity (Wildman–Crippen MR) is 271 cm³/mol. The number of benzene rings is 4. The summed E-state index contributed by atoms with van der Waals surface area (Å²) in [5.74, 6) is -8.41. The molecule has 3 aliphatic rings. The average Bonchev–Trinajstić information content (AvgIpc) is 4.23. The number of imidazole rings is 2. The van der Waals surface area contributed by atoms with Gasteiger partial charge in [0.2, 0.25) is 11.8 Å². The van der Waals surface area contributed by atoms with E-state index in [1.54, 1.807) is 82.9 Å². The van der Waals surface area contributed by atoms with Gasteiger partial charge >= 0.3 is 24.0 Å². The summed E-state index contributed by atoms with van der Waals surface area (Å²) in [6.07, 6.45) is 4.74. The topological polar surface area (TPSA) is 175 Å². The molecule has 6 aromatic rings. The Labute approximate surface area is 426 Å². The summed E-state index contributed by atoms with van der Waals surface area (Å²) in [7, 11) is 2.49. The van der Waals surface area contributed by atoms with E-state index in [0.717, 1.165) is 36.1 Å². The highest BCUT2D eigenvalue weighted by Gasteiger charge is 2.63. The summed E-state index contributed by atoms with van der Waals surface area (Å²) in [6.45, 7) is 12.2. The molecule has 4 atom stereocenters. The number of nitrogens with zero attached hydrogens (tertiary/aromatic N) is 4. The summed E-state index contributed by atoms with van der Waals surface area (Å²) in [6, 6.07) is 20.2. The van der Waals surface area contributed by atoms with Crippen LogP contribution in [0.2, 0.25) is 0 Å². The highest BCUT2D eigenvalue weighted by molar-refractivity contribution is 5.88. The number of aromatic amines is 2. The summed E-state index contributed by atoms with van der Waals surface area (Å²) < 4.78 is 74.6. The maximum absolute atomic E-state index is 16.3. The molecule has 0 saturated carbocycles. The largest absolute Gasteiger partial charge is 0.453 e. The van der Waals surface area contributed by atoms with Crippen LogP contribution in [0.3, 0.4) is 0 Å². The Kier molecular flexibility index (Phi) is 13.5. The molecule has 1 aliphatic carbocycles. The minimum Gasteiger partial charge on any atom is -0.453 e. The number of amides is 4. The van der Waals surface area contributed by atoms with Gasteiger partial charge in [0.1, 0.15) is 23.7 Å². The number of alkyl carbamates (subject to hydrolysis) is 2. The predicted octanol–water partition coefficient (Wildman–Crippen LogP) is 11.5. The lowest BCUT2D eigenvalue weighted by Crippen LogP contribution is -2.54. The molecule has 2 saturated heterocycles. The van der Waals surface area contributed by atoms with E-state index in [9.17, 15) is 19.2 Å². The first-order valence-corrected chi connectivity index (χ1v) is 24.7. The first kappa shape index (κ1) is 51.4. The Hall–Kier alpha value is -7.50. The number of fused-ring (bicyclic) bond motifs is 3. The Morgan fingerprint density at radius 2 is 0.905 bits per heavy atom. The van der Waals surface area contributed by atoms with E-state index in [1.807, 2.05) is 41.5 Å². The van der Waals surface area contributed by atoms with Crippen molar-refractivity contribution in [2.45, 2.75) is 103 Å². The zero-order valence-electron chi connectivity index (χ0n) is 42.5. The monoisotopic (exact) mass is 1020 g/mol. The number of nitrogens with one attached hydrogen (secondary N) is 4. The second-order valence-corrected chi connectivity index (χ2v) is 21.4. The van der Waals surface area contributed by atoms with Crippen molar-refractivity contribution in [3.8, 4) is 55.9 Å². The molecule has 0 bridgehead atoms. The smallest absolute Gasteiger partial charge is 0.407 e. The quantitative estimate of drug-likeness (QED) is 0.0981. The molecule has 4 N–H and O–H groups in total. The van der Waals surface area contributed by atoms with Crippen LogP contribution in [-0.4, -0.2) is 93.1 Å². The number of hydrogen-bond acceptors (Lipinski definition) is 8. The van der Waals surface area contributed by atoms with E-state index in [2.05, 4.69) is 30.6 Å². The number of aromatic nitrogens is 4. The van der Waals surface area contributed by atoms with E-state index in [1.165, 1.54) is 26.4 Å². The molecule has 9 rings (SSSR count). The van der Waals surface area contributed by atoms with E-state index < -0.39 is 58.1 Å². The van der Waals surface area contributed by atoms with Crippen molar-refractivity contribution in [3.63, 3.8) is 0 Å². The molecule has 2 aliphatic heterocycles. The normalized spacial score (nSPS) is 18.8. The highest BCUT2D eigenvalue weighted by atomic mass is 19.3. The molecule has 388 valence electrons. The standard InChI is InChI=1S/C56H60F4N8O6/c1-53(2,3)45(65-51(71)73-7)49(69)67-25-9-11-43(67)47-61-29-41(63-47)33-17-13-31(14-18-33)35-21-23-37-38-24-22-36(28-40(38)56(59,60)55(57,58)39(37)27-35)32-15-19-34(20-16-32)42-30-62-48(64-42)44-12-10-26-68(44)50(70)46(54(4,5)6)66-52(72)74-8/h13-24,27-30,43-46H,9-12,25-26H2,1-8H3,(H,61,63)(H,62,64)(H,65,71)(H,66,72)/t43?,44?,45-,46-/m1/s1. The zero-order valence-corrected chi connectivity index (χ0v) is 42.5. The molecular weight excluding hydrogens is 957 g/mol. The van der Waals surface area contributed by atoms with Gasteiger partial charge in [-0.05, 0) is 93.2 Å². The van der Waals surface area contributed by atoms with Gasteiger partial charge in [-0.1, -0.05) is 114 Å². The van der Waals surface area contributed by atoms with Crippen LogP contribution in [0, 0.1) is 10.8 Å². The fraction of sp³-hybridized carbons (Fsp3) is 0.393. The second-order valence-electron chi connectivity index (χ2n) is 21.4. The van der Waals surface area contributed by atoms with Crippen molar-refractivity contribution in [2.24, 2.45) is 10.8 Å². The zero-order chi connectivity index (χ0) is 53.1. The van der Waals surface area contributed by atoms with Gasteiger partial charge in [-0.3, -0.25) is 9.59 Å². The minimum atomic E-state index is -4.54. The van der Waals surface area contributed by atoms with Gasteiger partial charge < -0.3 is 39.9 Å². The number of rotatable bonds is 10. The summed E-state index contributed by atoms with van der Waals surface area (Å²) in [5, 5.41) is 5.37. The molecule has 14 nitrogen and oxygen atoms in total. The van der Waals surface area contributed by atoms with Gasteiger partial charge in [-0.2, -0.15) is 17.6 Å². The summed E-state index contributed by atoms with van der Waals surface area (Å²) >= 11 is 0. The Balaban J connectivity index is 0.907. The van der Waals surface area contributed by atoms with Crippen molar-refractivity contribution in [3.05, 3.63) is 120 Å². The van der Waals surface area contributed by atoms with Crippen LogP contribution < -0.4 is 10.6 Å². The lowest BCUT2D eigenvalue weighted by molar-refractivity contribution is -0.225. The molecule has 74 heavy (non-hydrogen) atoms.